The molecule has 1 N–H and O–H groups in total. The van der Waals surface area contributed by atoms with Gasteiger partial charge in [0.15, 0.2) is 5.76 Å². The Labute approximate surface area is 161 Å². The summed E-state index contributed by atoms with van der Waals surface area (Å²) in [5.41, 5.74) is 0.910. The number of furan rings is 1. The maximum absolute atomic E-state index is 12.3. The lowest BCUT2D eigenvalue weighted by atomic mass is 10.1. The molecule has 3 aromatic rings. The lowest BCUT2D eigenvalue weighted by Crippen LogP contribution is -2.12. The molecule has 0 radical (unpaired) electrons. The summed E-state index contributed by atoms with van der Waals surface area (Å²) in [5, 5.41) is 13.5. The topological polar surface area (TPSA) is 94.6 Å². The fraction of sp³-hybridized carbons (Fsp3) is 0.0952. The van der Waals surface area contributed by atoms with Crippen LogP contribution in [0.4, 0.5) is 11.4 Å². The zero-order valence-corrected chi connectivity index (χ0v) is 15.0. The summed E-state index contributed by atoms with van der Waals surface area (Å²) in [4.78, 5) is 22.8. The quantitative estimate of drug-likeness (QED) is 0.347. The SMILES string of the molecule is C=CCc1ccccc1OCc1ccc(C(=O)Nc2ccccc2[N+](=O)[O-])o1. The van der Waals surface area contributed by atoms with Crippen LogP contribution in [0.25, 0.3) is 0 Å². The molecule has 0 unspecified atom stereocenters. The Morgan fingerprint density at radius 3 is 2.68 bits per heavy atom. The van der Waals surface area contributed by atoms with Gasteiger partial charge in [0.1, 0.15) is 23.8 Å². The fourth-order valence-electron chi connectivity index (χ4n) is 2.62. The van der Waals surface area contributed by atoms with Gasteiger partial charge in [-0.25, -0.2) is 0 Å². The minimum atomic E-state index is -0.576. The van der Waals surface area contributed by atoms with Crippen LogP contribution in [-0.2, 0) is 13.0 Å². The van der Waals surface area contributed by atoms with E-state index in [1.54, 1.807) is 18.2 Å². The number of nitrogens with one attached hydrogen (secondary N) is 1. The molecule has 1 heterocycles. The van der Waals surface area contributed by atoms with E-state index in [9.17, 15) is 14.9 Å². The monoisotopic (exact) mass is 378 g/mol. The summed E-state index contributed by atoms with van der Waals surface area (Å²) in [7, 11) is 0. The second kappa shape index (κ2) is 8.68. The normalized spacial score (nSPS) is 10.3. The Kier molecular flexibility index (Phi) is 5.86. The molecule has 0 bridgehead atoms. The van der Waals surface area contributed by atoms with E-state index in [0.29, 0.717) is 17.9 Å². The Morgan fingerprint density at radius 2 is 1.89 bits per heavy atom. The highest BCUT2D eigenvalue weighted by molar-refractivity contribution is 6.03. The molecule has 7 nitrogen and oxygen atoms in total. The summed E-state index contributed by atoms with van der Waals surface area (Å²) < 4.78 is 11.3. The second-order valence-corrected chi connectivity index (χ2v) is 5.88. The number of hydrogen-bond donors (Lipinski definition) is 1. The van der Waals surface area contributed by atoms with Crippen molar-refractivity contribution < 1.29 is 18.9 Å². The summed E-state index contributed by atoms with van der Waals surface area (Å²) >= 11 is 0. The van der Waals surface area contributed by atoms with Gasteiger partial charge in [-0.2, -0.15) is 0 Å². The van der Waals surface area contributed by atoms with Gasteiger partial charge in [0.25, 0.3) is 11.6 Å². The number of ether oxygens (including phenoxy) is 1. The number of para-hydroxylation sites is 3. The summed E-state index contributed by atoms with van der Waals surface area (Å²) in [6.07, 6.45) is 2.47. The van der Waals surface area contributed by atoms with E-state index < -0.39 is 10.8 Å². The summed E-state index contributed by atoms with van der Waals surface area (Å²) in [6, 6.07) is 16.6. The van der Waals surface area contributed by atoms with Crippen LogP contribution in [0.15, 0.2) is 77.7 Å². The first kappa shape index (κ1) is 18.9. The van der Waals surface area contributed by atoms with E-state index in [1.807, 2.05) is 24.3 Å². The van der Waals surface area contributed by atoms with Crippen molar-refractivity contribution in [2.75, 3.05) is 5.32 Å². The number of nitrogens with zero attached hydrogens (tertiary/aromatic N) is 1. The van der Waals surface area contributed by atoms with E-state index in [4.69, 9.17) is 9.15 Å². The average Bonchev–Trinajstić information content (AvgIpc) is 3.17. The highest BCUT2D eigenvalue weighted by atomic mass is 16.6. The van der Waals surface area contributed by atoms with Crippen molar-refractivity contribution in [1.82, 2.24) is 0 Å². The molecular weight excluding hydrogens is 360 g/mol. The van der Waals surface area contributed by atoms with E-state index in [0.717, 1.165) is 5.56 Å². The van der Waals surface area contributed by atoms with Gasteiger partial charge >= 0.3 is 0 Å². The molecule has 0 fully saturated rings. The van der Waals surface area contributed by atoms with Crippen molar-refractivity contribution in [2.45, 2.75) is 13.0 Å². The van der Waals surface area contributed by atoms with Crippen LogP contribution >= 0.6 is 0 Å². The van der Waals surface area contributed by atoms with Gasteiger partial charge in [-0.1, -0.05) is 36.4 Å². The van der Waals surface area contributed by atoms with Gasteiger partial charge in [0, 0.05) is 6.07 Å². The number of allylic oxidation sites excluding steroid dienone is 1. The zero-order valence-electron chi connectivity index (χ0n) is 15.0. The number of benzene rings is 2. The number of anilines is 1. The molecule has 7 heteroatoms. The van der Waals surface area contributed by atoms with Gasteiger partial charge in [-0.3, -0.25) is 14.9 Å². The van der Waals surface area contributed by atoms with Crippen molar-refractivity contribution in [1.29, 1.82) is 0 Å². The van der Waals surface area contributed by atoms with Crippen molar-refractivity contribution in [3.63, 3.8) is 0 Å². The Balaban J connectivity index is 1.67. The third-order valence-corrected chi connectivity index (χ3v) is 3.94. The second-order valence-electron chi connectivity index (χ2n) is 5.88. The van der Waals surface area contributed by atoms with E-state index >= 15 is 0 Å². The highest BCUT2D eigenvalue weighted by Crippen LogP contribution is 2.24. The Hall–Kier alpha value is -3.87. The van der Waals surface area contributed by atoms with Crippen molar-refractivity contribution >= 4 is 17.3 Å². The van der Waals surface area contributed by atoms with Crippen LogP contribution in [0.5, 0.6) is 5.75 Å². The van der Waals surface area contributed by atoms with Crippen LogP contribution in [-0.4, -0.2) is 10.8 Å². The smallest absolute Gasteiger partial charge is 0.292 e. The van der Waals surface area contributed by atoms with Gasteiger partial charge < -0.3 is 14.5 Å². The third kappa shape index (κ3) is 4.45. The molecule has 0 saturated heterocycles. The minimum Gasteiger partial charge on any atom is -0.485 e. The minimum absolute atomic E-state index is 0.0381. The Morgan fingerprint density at radius 1 is 1.14 bits per heavy atom. The van der Waals surface area contributed by atoms with Crippen molar-refractivity contribution in [3.05, 3.63) is 101 Å². The molecule has 1 amide bonds. The lowest BCUT2D eigenvalue weighted by Gasteiger charge is -2.09. The fourth-order valence-corrected chi connectivity index (χ4v) is 2.62. The first-order chi connectivity index (χ1) is 13.6. The summed E-state index contributed by atoms with van der Waals surface area (Å²) in [5.74, 6) is 0.634. The summed E-state index contributed by atoms with van der Waals surface area (Å²) in [6.45, 7) is 3.87. The van der Waals surface area contributed by atoms with E-state index in [2.05, 4.69) is 11.9 Å². The molecule has 0 atom stereocenters. The predicted octanol–water partition coefficient (Wildman–Crippen LogP) is 4.75. The first-order valence-electron chi connectivity index (χ1n) is 8.53. The molecule has 28 heavy (non-hydrogen) atoms. The van der Waals surface area contributed by atoms with Gasteiger partial charge in [-0.05, 0) is 36.2 Å². The highest BCUT2D eigenvalue weighted by Gasteiger charge is 2.18. The van der Waals surface area contributed by atoms with Crippen LogP contribution in [0.3, 0.4) is 0 Å². The molecule has 142 valence electrons. The number of nitro groups is 1. The van der Waals surface area contributed by atoms with Crippen molar-refractivity contribution in [3.8, 4) is 5.75 Å². The standard InChI is InChI=1S/C21H18N2O5/c1-2-7-15-8-3-6-11-19(15)27-14-16-12-13-20(28-16)21(24)22-17-9-4-5-10-18(17)23(25)26/h2-6,8-13H,1,7,14H2,(H,22,24). The molecule has 0 spiro atoms. The molecule has 0 aliphatic carbocycles. The molecule has 2 aromatic carbocycles. The van der Waals surface area contributed by atoms with Gasteiger partial charge in [-0.15, -0.1) is 6.58 Å². The van der Waals surface area contributed by atoms with Gasteiger partial charge in [0.2, 0.25) is 0 Å². The number of carbonyl (C=O) groups excluding carboxylic acids is 1. The molecule has 0 saturated carbocycles. The van der Waals surface area contributed by atoms with E-state index in [-0.39, 0.29) is 23.7 Å². The average molecular weight is 378 g/mol. The molecule has 1 aromatic heterocycles. The van der Waals surface area contributed by atoms with Crippen LogP contribution < -0.4 is 10.1 Å². The number of nitro benzene ring substituents is 1. The van der Waals surface area contributed by atoms with Crippen LogP contribution in [0.1, 0.15) is 21.9 Å². The first-order valence-corrected chi connectivity index (χ1v) is 8.53. The number of hydrogen-bond acceptors (Lipinski definition) is 5. The van der Waals surface area contributed by atoms with E-state index in [1.165, 1.54) is 24.3 Å². The zero-order chi connectivity index (χ0) is 19.9. The maximum Gasteiger partial charge on any atom is 0.292 e. The molecular formula is C21H18N2O5. The van der Waals surface area contributed by atoms with Crippen molar-refractivity contribution in [2.24, 2.45) is 0 Å². The maximum atomic E-state index is 12.3. The molecule has 0 aliphatic heterocycles. The lowest BCUT2D eigenvalue weighted by molar-refractivity contribution is -0.383. The Bertz CT molecular complexity index is 1010. The molecule has 3 rings (SSSR count). The van der Waals surface area contributed by atoms with Crippen LogP contribution in [0.2, 0.25) is 0 Å². The predicted molar refractivity (Wildman–Crippen MR) is 104 cm³/mol. The van der Waals surface area contributed by atoms with Gasteiger partial charge in [0.05, 0.1) is 4.92 Å². The number of amides is 1. The molecule has 0 aliphatic rings. The third-order valence-electron chi connectivity index (χ3n) is 3.94. The number of carbonyl (C=O) groups is 1. The largest absolute Gasteiger partial charge is 0.485 e. The number of rotatable bonds is 8. The van der Waals surface area contributed by atoms with Crippen LogP contribution in [0, 0.1) is 10.1 Å².